The van der Waals surface area contributed by atoms with Crippen molar-refractivity contribution in [3.8, 4) is 0 Å². The molecular weight excluding hydrogens is 564 g/mol. The molecule has 0 aromatic heterocycles. The van der Waals surface area contributed by atoms with Gasteiger partial charge in [-0.25, -0.2) is 0 Å². The minimum Gasteiger partial charge on any atom is -0.412 e. The molecule has 0 amide bonds. The Morgan fingerprint density at radius 3 is 1.86 bits per heavy atom. The van der Waals surface area contributed by atoms with Crippen LogP contribution >= 0.6 is 0 Å². The van der Waals surface area contributed by atoms with Crippen LogP contribution in [0, 0.1) is 0 Å². The van der Waals surface area contributed by atoms with Crippen molar-refractivity contribution in [3.05, 3.63) is 35.9 Å². The largest absolute Gasteiger partial charge is 0.412 e. The molecule has 1 aromatic carbocycles. The van der Waals surface area contributed by atoms with E-state index in [9.17, 15) is 30.3 Å². The Kier molecular flexibility index (Phi) is 26.9. The van der Waals surface area contributed by atoms with E-state index in [1.165, 1.54) is 76.2 Å². The molecule has 9 heteroatoms. The highest BCUT2D eigenvalue weighted by molar-refractivity contribution is 5.75. The van der Waals surface area contributed by atoms with E-state index >= 15 is 0 Å². The monoisotopic (exact) mass is 628 g/mol. The fourth-order valence-corrected chi connectivity index (χ4v) is 5.25. The van der Waals surface area contributed by atoms with Gasteiger partial charge >= 0.3 is 0 Å². The Morgan fingerprint density at radius 2 is 1.34 bits per heavy atom. The Balaban J connectivity index is 0.00000119. The maximum Gasteiger partial charge on any atom is 0.186 e. The van der Waals surface area contributed by atoms with E-state index in [0.29, 0.717) is 12.8 Å². The molecule has 0 bridgehead atoms. The van der Waals surface area contributed by atoms with Gasteiger partial charge in [-0.3, -0.25) is 0 Å². The van der Waals surface area contributed by atoms with E-state index in [-0.39, 0.29) is 17.9 Å². The maximum atomic E-state index is 10.6. The number of hydrogen-bond acceptors (Lipinski definition) is 8. The molecule has 1 aliphatic heterocycles. The van der Waals surface area contributed by atoms with Gasteiger partial charge < -0.3 is 45.3 Å². The number of carbonyl (C=O) groups is 1. The number of rotatable bonds is 23. The van der Waals surface area contributed by atoms with Gasteiger partial charge in [-0.1, -0.05) is 121 Å². The third-order valence-electron chi connectivity index (χ3n) is 8.06. The van der Waals surface area contributed by atoms with Crippen molar-refractivity contribution < 1.29 is 45.3 Å². The fraction of sp³-hybridized carbons (Fsp3) is 0.800. The lowest BCUT2D eigenvalue weighted by molar-refractivity contribution is -0.301. The SMILES string of the molecule is CC(=O)CCCc1ccccc1.CCCCCCCCCCCCCCC[C@@H](O)CCOC1OC(CO)C(O)C(O)C1O.O. The molecule has 0 spiro atoms. The molecule has 0 aliphatic carbocycles. The van der Waals surface area contributed by atoms with Gasteiger partial charge in [-0.15, -0.1) is 0 Å². The topological polar surface area (TPSA) is 168 Å². The third-order valence-corrected chi connectivity index (χ3v) is 8.06. The zero-order valence-corrected chi connectivity index (χ0v) is 27.5. The number of ketones is 1. The van der Waals surface area contributed by atoms with Crippen LogP contribution in [0.4, 0.5) is 0 Å². The molecule has 6 atom stereocenters. The highest BCUT2D eigenvalue weighted by atomic mass is 16.7. The van der Waals surface area contributed by atoms with Crippen LogP contribution in [0.5, 0.6) is 0 Å². The minimum absolute atomic E-state index is 0. The van der Waals surface area contributed by atoms with Crippen LogP contribution in [-0.2, 0) is 20.7 Å². The molecule has 7 N–H and O–H groups in total. The van der Waals surface area contributed by atoms with Crippen molar-refractivity contribution in [1.82, 2.24) is 0 Å². The summed E-state index contributed by atoms with van der Waals surface area (Å²) >= 11 is 0. The van der Waals surface area contributed by atoms with Crippen LogP contribution in [0.25, 0.3) is 0 Å². The lowest BCUT2D eigenvalue weighted by atomic mass is 9.99. The number of aliphatic hydroxyl groups excluding tert-OH is 5. The quantitative estimate of drug-likeness (QED) is 0.108. The van der Waals surface area contributed by atoms with Crippen molar-refractivity contribution in [2.75, 3.05) is 13.2 Å². The highest BCUT2D eigenvalue weighted by Gasteiger charge is 2.43. The smallest absolute Gasteiger partial charge is 0.186 e. The second-order valence-electron chi connectivity index (χ2n) is 12.1. The molecule has 2 rings (SSSR count). The number of unbranched alkanes of at least 4 members (excludes halogenated alkanes) is 12. The maximum absolute atomic E-state index is 10.6. The van der Waals surface area contributed by atoms with Gasteiger partial charge in [0.2, 0.25) is 0 Å². The summed E-state index contributed by atoms with van der Waals surface area (Å²) in [6.07, 6.45) is 13.9. The van der Waals surface area contributed by atoms with Crippen molar-refractivity contribution in [2.24, 2.45) is 0 Å². The number of aryl methyl sites for hydroxylation is 1. The molecule has 0 saturated carbocycles. The molecule has 44 heavy (non-hydrogen) atoms. The summed E-state index contributed by atoms with van der Waals surface area (Å²) in [6.45, 7) is 3.59. The molecule has 1 aliphatic rings. The molecule has 258 valence electrons. The van der Waals surface area contributed by atoms with Crippen molar-refractivity contribution in [2.45, 2.75) is 166 Å². The Morgan fingerprint density at radius 1 is 0.795 bits per heavy atom. The average molecular weight is 629 g/mol. The number of carbonyl (C=O) groups excluding carboxylic acids is 1. The minimum atomic E-state index is -1.44. The average Bonchev–Trinajstić information content (AvgIpc) is 3.00. The first-order valence-electron chi connectivity index (χ1n) is 16.9. The predicted molar refractivity (Wildman–Crippen MR) is 174 cm³/mol. The van der Waals surface area contributed by atoms with Gasteiger partial charge in [-0.2, -0.15) is 0 Å². The zero-order chi connectivity index (χ0) is 31.7. The van der Waals surface area contributed by atoms with Crippen molar-refractivity contribution >= 4 is 5.78 Å². The number of ether oxygens (including phenoxy) is 2. The van der Waals surface area contributed by atoms with Gasteiger partial charge in [0.15, 0.2) is 6.29 Å². The van der Waals surface area contributed by atoms with Crippen LogP contribution in [0.3, 0.4) is 0 Å². The van der Waals surface area contributed by atoms with Gasteiger partial charge in [-0.05, 0) is 38.2 Å². The summed E-state index contributed by atoms with van der Waals surface area (Å²) in [5.74, 6) is 0.283. The van der Waals surface area contributed by atoms with E-state index in [1.54, 1.807) is 6.92 Å². The number of Topliss-reactive ketones (excluding diaryl/α,β-unsaturated/α-hetero) is 1. The molecule has 0 radical (unpaired) electrons. The summed E-state index contributed by atoms with van der Waals surface area (Å²) in [6, 6.07) is 10.3. The van der Waals surface area contributed by atoms with Crippen LogP contribution < -0.4 is 0 Å². The number of hydrogen-bond donors (Lipinski definition) is 5. The summed E-state index contributed by atoms with van der Waals surface area (Å²) in [4.78, 5) is 10.6. The van der Waals surface area contributed by atoms with Crippen molar-refractivity contribution in [3.63, 3.8) is 0 Å². The molecule has 1 fully saturated rings. The third kappa shape index (κ3) is 20.6. The Bertz CT molecular complexity index is 777. The molecule has 1 heterocycles. The standard InChI is InChI=1S/C24H48O7.C11H14O.H2O/c1-2-3-4-5-6-7-8-9-10-11-12-13-14-15-19(26)16-17-30-24-23(29)22(28)21(27)20(18-25)31-24;1-10(12)6-5-9-11-7-3-2-4-8-11;/h19-29H,2-18H2,1H3;2-4,7-8H,5-6,9H2,1H3;1H2/t19-,20?,21?,22?,23?,24?;;/m1../s1. The second-order valence-corrected chi connectivity index (χ2v) is 12.1. The first-order valence-corrected chi connectivity index (χ1v) is 16.9. The number of aliphatic hydroxyl groups is 5. The second kappa shape index (κ2) is 27.8. The summed E-state index contributed by atoms with van der Waals surface area (Å²) < 4.78 is 10.7. The van der Waals surface area contributed by atoms with E-state index in [2.05, 4.69) is 19.1 Å². The summed E-state index contributed by atoms with van der Waals surface area (Å²) in [5, 5.41) is 48.7. The normalized spacial score (nSPS) is 22.0. The van der Waals surface area contributed by atoms with Crippen LogP contribution in [0.2, 0.25) is 0 Å². The molecule has 1 aromatic rings. The highest BCUT2D eigenvalue weighted by Crippen LogP contribution is 2.22. The predicted octanol–water partition coefficient (Wildman–Crippen LogP) is 4.81. The van der Waals surface area contributed by atoms with E-state index in [1.807, 2.05) is 18.2 Å². The van der Waals surface area contributed by atoms with Gasteiger partial charge in [0.05, 0.1) is 19.3 Å². The van der Waals surface area contributed by atoms with Gasteiger partial charge in [0.25, 0.3) is 0 Å². The Labute approximate surface area is 266 Å². The molecule has 1 saturated heterocycles. The van der Waals surface area contributed by atoms with E-state index < -0.39 is 43.4 Å². The van der Waals surface area contributed by atoms with Crippen LogP contribution in [0.15, 0.2) is 30.3 Å². The molecular formula is C35H64O9. The fourth-order valence-electron chi connectivity index (χ4n) is 5.25. The van der Waals surface area contributed by atoms with E-state index in [0.717, 1.165) is 32.1 Å². The first kappa shape index (κ1) is 42.6. The molecule has 9 nitrogen and oxygen atoms in total. The van der Waals surface area contributed by atoms with Crippen molar-refractivity contribution in [1.29, 1.82) is 0 Å². The summed E-state index contributed by atoms with van der Waals surface area (Å²) in [5.41, 5.74) is 1.32. The first-order chi connectivity index (χ1) is 20.8. The lowest BCUT2D eigenvalue weighted by Gasteiger charge is -2.39. The van der Waals surface area contributed by atoms with Crippen LogP contribution in [-0.4, -0.2) is 86.8 Å². The Hall–Kier alpha value is -1.43. The number of benzene rings is 1. The van der Waals surface area contributed by atoms with Gasteiger partial charge in [0.1, 0.15) is 30.2 Å². The summed E-state index contributed by atoms with van der Waals surface area (Å²) in [7, 11) is 0. The molecule has 5 unspecified atom stereocenters. The zero-order valence-electron chi connectivity index (χ0n) is 27.5. The van der Waals surface area contributed by atoms with Crippen LogP contribution in [0.1, 0.15) is 129 Å². The van der Waals surface area contributed by atoms with Gasteiger partial charge in [0, 0.05) is 6.42 Å². The van der Waals surface area contributed by atoms with E-state index in [4.69, 9.17) is 9.47 Å². The lowest BCUT2D eigenvalue weighted by Crippen LogP contribution is -2.59.